The first-order valence-corrected chi connectivity index (χ1v) is 6.78. The van der Waals surface area contributed by atoms with Gasteiger partial charge in [-0.3, -0.25) is 4.99 Å². The molecule has 3 nitrogen and oxygen atoms in total. The highest BCUT2D eigenvalue weighted by Crippen LogP contribution is 2.19. The summed E-state index contributed by atoms with van der Waals surface area (Å²) in [4.78, 5) is 4.09. The minimum absolute atomic E-state index is 0.0517. The molecule has 0 bridgehead atoms. The number of aliphatic imine (C=N–C) groups is 1. The Morgan fingerprint density at radius 2 is 2.17 bits per heavy atom. The first kappa shape index (κ1) is 15.1. The normalized spacial score (nSPS) is 26.5. The average Bonchev–Trinajstić information content (AvgIpc) is 2.31. The molecule has 0 aliphatic heterocycles. The van der Waals surface area contributed by atoms with E-state index in [1.807, 2.05) is 12.2 Å². The maximum Gasteiger partial charge on any atom is 0.160 e. The van der Waals surface area contributed by atoms with Gasteiger partial charge in [0.25, 0.3) is 0 Å². The molecule has 0 aromatic rings. The highest BCUT2D eigenvalue weighted by Gasteiger charge is 2.15. The number of aliphatic hydroxyl groups excluding tert-OH is 1. The molecule has 0 amide bonds. The zero-order valence-corrected chi connectivity index (χ0v) is 11.6. The number of rotatable bonds is 6. The van der Waals surface area contributed by atoms with Crippen molar-refractivity contribution in [3.8, 4) is 0 Å². The lowest BCUT2D eigenvalue weighted by Crippen LogP contribution is -2.23. The first-order chi connectivity index (χ1) is 8.58. The van der Waals surface area contributed by atoms with Crippen molar-refractivity contribution in [2.75, 3.05) is 0 Å². The summed E-state index contributed by atoms with van der Waals surface area (Å²) < 4.78 is 5.52. The molecule has 3 heteroatoms. The molecule has 18 heavy (non-hydrogen) atoms. The van der Waals surface area contributed by atoms with E-state index in [1.165, 1.54) is 0 Å². The second kappa shape index (κ2) is 8.22. The molecule has 0 spiro atoms. The van der Waals surface area contributed by atoms with Crippen molar-refractivity contribution < 1.29 is 9.84 Å². The SMILES string of the molecule is CC(C)/C=C\N=CC[C@H](O)O[C@@H]1C=C[C@H](C)CC1. The minimum atomic E-state index is -0.760. The molecular formula is C15H25NO2. The van der Waals surface area contributed by atoms with Crippen LogP contribution in [0.2, 0.25) is 0 Å². The molecule has 1 aliphatic carbocycles. The molecule has 0 aromatic carbocycles. The van der Waals surface area contributed by atoms with Crippen LogP contribution in [0.4, 0.5) is 0 Å². The van der Waals surface area contributed by atoms with Gasteiger partial charge >= 0.3 is 0 Å². The minimum Gasteiger partial charge on any atom is -0.368 e. The van der Waals surface area contributed by atoms with Crippen molar-refractivity contribution in [2.24, 2.45) is 16.8 Å². The predicted molar refractivity (Wildman–Crippen MR) is 75.5 cm³/mol. The molecule has 0 aromatic heterocycles. The van der Waals surface area contributed by atoms with Gasteiger partial charge in [-0.1, -0.05) is 39.0 Å². The summed E-state index contributed by atoms with van der Waals surface area (Å²) in [6, 6.07) is 0. The van der Waals surface area contributed by atoms with Crippen LogP contribution in [0.5, 0.6) is 0 Å². The summed E-state index contributed by atoms with van der Waals surface area (Å²) in [7, 11) is 0. The van der Waals surface area contributed by atoms with Gasteiger partial charge in [-0.15, -0.1) is 0 Å². The first-order valence-electron chi connectivity index (χ1n) is 6.78. The molecule has 1 N–H and O–H groups in total. The van der Waals surface area contributed by atoms with E-state index in [9.17, 15) is 5.11 Å². The zero-order chi connectivity index (χ0) is 13.4. The summed E-state index contributed by atoms with van der Waals surface area (Å²) in [5, 5.41) is 9.70. The van der Waals surface area contributed by atoms with E-state index >= 15 is 0 Å². The molecule has 0 unspecified atom stereocenters. The fraction of sp³-hybridized carbons (Fsp3) is 0.667. The van der Waals surface area contributed by atoms with Crippen LogP contribution in [0.25, 0.3) is 0 Å². The Balaban J connectivity index is 2.21. The van der Waals surface area contributed by atoms with E-state index in [2.05, 4.69) is 31.8 Å². The maximum absolute atomic E-state index is 9.70. The standard InChI is InChI=1S/C15H25NO2/c1-12(2)8-10-16-11-9-15(17)18-14-6-4-13(3)5-7-14/h4,6,8,10-15,17H,5,7,9H2,1-3H3/b10-8-,16-11?/t13-,14+,15+/m0/s1. The third-order valence-corrected chi connectivity index (χ3v) is 2.86. The van der Waals surface area contributed by atoms with E-state index in [-0.39, 0.29) is 6.10 Å². The highest BCUT2D eigenvalue weighted by molar-refractivity contribution is 5.58. The van der Waals surface area contributed by atoms with Crippen LogP contribution in [0.1, 0.15) is 40.0 Å². The van der Waals surface area contributed by atoms with Gasteiger partial charge in [0.2, 0.25) is 0 Å². The van der Waals surface area contributed by atoms with Crippen LogP contribution in [0.3, 0.4) is 0 Å². The fourth-order valence-corrected chi connectivity index (χ4v) is 1.74. The summed E-state index contributed by atoms with van der Waals surface area (Å²) in [6.07, 6.45) is 11.5. The Morgan fingerprint density at radius 1 is 1.39 bits per heavy atom. The molecule has 0 fully saturated rings. The van der Waals surface area contributed by atoms with Gasteiger partial charge in [-0.05, 0) is 24.7 Å². The second-order valence-corrected chi connectivity index (χ2v) is 5.22. The maximum atomic E-state index is 9.70. The van der Waals surface area contributed by atoms with Gasteiger partial charge in [0.15, 0.2) is 6.29 Å². The Hall–Kier alpha value is -0.930. The lowest BCUT2D eigenvalue weighted by atomic mass is 9.96. The number of aliphatic hydroxyl groups is 1. The van der Waals surface area contributed by atoms with Crippen molar-refractivity contribution in [3.05, 3.63) is 24.4 Å². The monoisotopic (exact) mass is 251 g/mol. The number of allylic oxidation sites excluding steroid dienone is 2. The Morgan fingerprint density at radius 3 is 2.78 bits per heavy atom. The molecule has 0 radical (unpaired) electrons. The Bertz CT molecular complexity index is 308. The Kier molecular flexibility index (Phi) is 6.91. The van der Waals surface area contributed by atoms with Gasteiger partial charge in [0.05, 0.1) is 6.10 Å². The van der Waals surface area contributed by atoms with Crippen molar-refractivity contribution in [1.29, 1.82) is 0 Å². The number of ether oxygens (including phenoxy) is 1. The van der Waals surface area contributed by atoms with Crippen molar-refractivity contribution in [2.45, 2.75) is 52.4 Å². The van der Waals surface area contributed by atoms with Gasteiger partial charge < -0.3 is 9.84 Å². The average molecular weight is 251 g/mol. The van der Waals surface area contributed by atoms with E-state index in [4.69, 9.17) is 4.74 Å². The van der Waals surface area contributed by atoms with Crippen LogP contribution in [0.15, 0.2) is 29.4 Å². The predicted octanol–water partition coefficient (Wildman–Crippen LogP) is 3.31. The zero-order valence-electron chi connectivity index (χ0n) is 11.6. The molecular weight excluding hydrogens is 226 g/mol. The third-order valence-electron chi connectivity index (χ3n) is 2.86. The Labute approximate surface area is 110 Å². The molecule has 102 valence electrons. The van der Waals surface area contributed by atoms with E-state index in [0.717, 1.165) is 12.8 Å². The van der Waals surface area contributed by atoms with Gasteiger partial charge in [-0.25, -0.2) is 0 Å². The smallest absolute Gasteiger partial charge is 0.160 e. The topological polar surface area (TPSA) is 41.8 Å². The molecule has 0 saturated carbocycles. The number of hydrogen-bond acceptors (Lipinski definition) is 3. The van der Waals surface area contributed by atoms with Gasteiger partial charge in [0.1, 0.15) is 0 Å². The summed E-state index contributed by atoms with van der Waals surface area (Å²) in [5.41, 5.74) is 0. The van der Waals surface area contributed by atoms with Crippen LogP contribution in [-0.2, 0) is 4.74 Å². The fourth-order valence-electron chi connectivity index (χ4n) is 1.74. The van der Waals surface area contributed by atoms with E-state index in [1.54, 1.807) is 12.4 Å². The molecule has 0 heterocycles. The van der Waals surface area contributed by atoms with Crippen LogP contribution >= 0.6 is 0 Å². The van der Waals surface area contributed by atoms with E-state index in [0.29, 0.717) is 18.3 Å². The van der Waals surface area contributed by atoms with Crippen LogP contribution in [-0.4, -0.2) is 23.7 Å². The van der Waals surface area contributed by atoms with Crippen LogP contribution < -0.4 is 0 Å². The largest absolute Gasteiger partial charge is 0.368 e. The molecule has 1 rings (SSSR count). The molecule has 1 aliphatic rings. The van der Waals surface area contributed by atoms with Crippen molar-refractivity contribution >= 4 is 6.21 Å². The third kappa shape index (κ3) is 6.72. The lowest BCUT2D eigenvalue weighted by Gasteiger charge is -2.22. The molecule has 3 atom stereocenters. The van der Waals surface area contributed by atoms with Crippen molar-refractivity contribution in [1.82, 2.24) is 0 Å². The van der Waals surface area contributed by atoms with Crippen molar-refractivity contribution in [3.63, 3.8) is 0 Å². The molecule has 0 saturated heterocycles. The highest BCUT2D eigenvalue weighted by atomic mass is 16.6. The number of hydrogen-bond donors (Lipinski definition) is 1. The second-order valence-electron chi connectivity index (χ2n) is 5.22. The van der Waals surface area contributed by atoms with Crippen LogP contribution in [0, 0.1) is 11.8 Å². The lowest BCUT2D eigenvalue weighted by molar-refractivity contribution is -0.119. The summed E-state index contributed by atoms with van der Waals surface area (Å²) >= 11 is 0. The summed E-state index contributed by atoms with van der Waals surface area (Å²) in [5.74, 6) is 1.13. The van der Waals surface area contributed by atoms with Gasteiger partial charge in [0, 0.05) is 18.8 Å². The summed E-state index contributed by atoms with van der Waals surface area (Å²) in [6.45, 7) is 6.39. The number of nitrogens with zero attached hydrogens (tertiary/aromatic N) is 1. The van der Waals surface area contributed by atoms with Gasteiger partial charge in [-0.2, -0.15) is 0 Å². The quantitative estimate of drug-likeness (QED) is 0.447. The van der Waals surface area contributed by atoms with E-state index < -0.39 is 6.29 Å².